The number of H-pyrrole nitrogens is 1. The Morgan fingerprint density at radius 3 is 2.92 bits per heavy atom. The van der Waals surface area contributed by atoms with Crippen LogP contribution in [0.1, 0.15) is 5.82 Å². The molecule has 0 bridgehead atoms. The number of aromatic nitrogens is 2. The van der Waals surface area contributed by atoms with Gasteiger partial charge in [-0.25, -0.2) is 4.98 Å². The first-order chi connectivity index (χ1) is 5.77. The minimum Gasteiger partial charge on any atom is -0.342 e. The molecule has 3 nitrogen and oxygen atoms in total. The highest BCUT2D eigenvalue weighted by atomic mass is 16.1. The van der Waals surface area contributed by atoms with E-state index in [1.807, 2.05) is 19.1 Å². The first-order valence-corrected chi connectivity index (χ1v) is 3.73. The van der Waals surface area contributed by atoms with Crippen molar-refractivity contribution in [2.24, 2.45) is 0 Å². The van der Waals surface area contributed by atoms with Crippen LogP contribution in [0, 0.1) is 6.92 Å². The molecule has 0 spiro atoms. The van der Waals surface area contributed by atoms with Crippen LogP contribution >= 0.6 is 0 Å². The Balaban J connectivity index is 3.03. The molecule has 0 saturated carbocycles. The average Bonchev–Trinajstić information content (AvgIpc) is 2.33. The van der Waals surface area contributed by atoms with E-state index in [-0.39, 0.29) is 5.43 Å². The highest BCUT2D eigenvalue weighted by Gasteiger charge is 1.98. The number of aryl methyl sites for hydroxylation is 1. The third-order valence-corrected chi connectivity index (χ3v) is 1.71. The van der Waals surface area contributed by atoms with Crippen LogP contribution in [0.5, 0.6) is 0 Å². The smallest absolute Gasteiger partial charge is 0.206 e. The monoisotopic (exact) mass is 160 g/mol. The number of nitrogens with one attached hydrogen (secondary N) is 1. The van der Waals surface area contributed by atoms with Crippen molar-refractivity contribution in [3.8, 4) is 0 Å². The van der Waals surface area contributed by atoms with Gasteiger partial charge < -0.3 is 4.98 Å². The van der Waals surface area contributed by atoms with Crippen molar-refractivity contribution in [2.75, 3.05) is 0 Å². The Hall–Kier alpha value is -1.64. The fraction of sp³-hybridized carbons (Fsp3) is 0.111. The zero-order valence-electron chi connectivity index (χ0n) is 6.66. The average molecular weight is 160 g/mol. The van der Waals surface area contributed by atoms with Gasteiger partial charge in [0.1, 0.15) is 11.3 Å². The molecule has 3 heteroatoms. The van der Waals surface area contributed by atoms with Crippen molar-refractivity contribution >= 4 is 11.0 Å². The van der Waals surface area contributed by atoms with E-state index in [0.717, 1.165) is 11.3 Å². The number of rotatable bonds is 0. The van der Waals surface area contributed by atoms with Gasteiger partial charge in [0.05, 0.1) is 5.52 Å². The summed E-state index contributed by atoms with van der Waals surface area (Å²) in [6.07, 6.45) is 0. The van der Waals surface area contributed by atoms with Gasteiger partial charge in [0, 0.05) is 0 Å². The normalized spacial score (nSPS) is 10.4. The molecule has 12 heavy (non-hydrogen) atoms. The van der Waals surface area contributed by atoms with Crippen LogP contribution in [-0.4, -0.2) is 9.97 Å². The second-order valence-electron chi connectivity index (χ2n) is 2.67. The van der Waals surface area contributed by atoms with Gasteiger partial charge in [0.25, 0.3) is 0 Å². The second kappa shape index (κ2) is 2.44. The van der Waals surface area contributed by atoms with Gasteiger partial charge in [0.2, 0.25) is 5.43 Å². The van der Waals surface area contributed by atoms with Crippen LogP contribution in [-0.2, 0) is 0 Å². The van der Waals surface area contributed by atoms with Crippen molar-refractivity contribution in [3.63, 3.8) is 0 Å². The van der Waals surface area contributed by atoms with Gasteiger partial charge in [-0.1, -0.05) is 12.1 Å². The van der Waals surface area contributed by atoms with Gasteiger partial charge in [0.15, 0.2) is 0 Å². The third-order valence-electron chi connectivity index (χ3n) is 1.71. The van der Waals surface area contributed by atoms with Crippen molar-refractivity contribution in [3.05, 3.63) is 40.3 Å². The minimum atomic E-state index is -0.0423. The molecule has 0 amide bonds. The predicted octanol–water partition coefficient (Wildman–Crippen LogP) is 1.23. The summed E-state index contributed by atoms with van der Waals surface area (Å²) in [6, 6.07) is 6.90. The van der Waals surface area contributed by atoms with Crippen LogP contribution in [0.15, 0.2) is 29.1 Å². The lowest BCUT2D eigenvalue weighted by atomic mass is 10.4. The van der Waals surface area contributed by atoms with Gasteiger partial charge >= 0.3 is 0 Å². The maximum absolute atomic E-state index is 11.3. The molecule has 1 aromatic carbocycles. The van der Waals surface area contributed by atoms with Crippen molar-refractivity contribution in [1.29, 1.82) is 0 Å². The summed E-state index contributed by atoms with van der Waals surface area (Å²) in [6.45, 7) is 1.83. The summed E-state index contributed by atoms with van der Waals surface area (Å²) < 4.78 is 0. The van der Waals surface area contributed by atoms with Crippen LogP contribution in [0.2, 0.25) is 0 Å². The van der Waals surface area contributed by atoms with Crippen molar-refractivity contribution in [2.45, 2.75) is 6.92 Å². The molecule has 1 N–H and O–H groups in total. The van der Waals surface area contributed by atoms with Gasteiger partial charge in [-0.3, -0.25) is 4.79 Å². The maximum Gasteiger partial charge on any atom is 0.206 e. The molecule has 0 aliphatic rings. The molecule has 0 unspecified atom stereocenters. The summed E-state index contributed by atoms with van der Waals surface area (Å²) >= 11 is 0. The molecule has 0 saturated heterocycles. The van der Waals surface area contributed by atoms with E-state index in [1.54, 1.807) is 6.07 Å². The summed E-state index contributed by atoms with van der Waals surface area (Å²) in [5, 5.41) is 0. The lowest BCUT2D eigenvalue weighted by Gasteiger charge is -1.73. The molecule has 0 radical (unpaired) electrons. The Bertz CT molecular complexity index is 473. The summed E-state index contributed by atoms with van der Waals surface area (Å²) in [5.74, 6) is 0.772. The molecule has 1 aromatic heterocycles. The number of hydrogen-bond acceptors (Lipinski definition) is 2. The Morgan fingerprint density at radius 2 is 2.08 bits per heavy atom. The number of aromatic amines is 1. The Labute approximate surface area is 69.1 Å². The van der Waals surface area contributed by atoms with E-state index < -0.39 is 0 Å². The molecule has 1 heterocycles. The standard InChI is InChI=1S/C9H8N2O/c1-6-10-7-4-2-3-5-8(12)9(7)11-6/h2-5H,1H3,(H,10,11). The predicted molar refractivity (Wildman–Crippen MR) is 47.1 cm³/mol. The lowest BCUT2D eigenvalue weighted by molar-refractivity contribution is 1.17. The molecule has 2 aromatic rings. The van der Waals surface area contributed by atoms with Crippen LogP contribution < -0.4 is 5.43 Å². The molecule has 2 rings (SSSR count). The zero-order valence-corrected chi connectivity index (χ0v) is 6.66. The molecule has 0 aliphatic heterocycles. The number of fused-ring (bicyclic) bond motifs is 1. The molecular weight excluding hydrogens is 152 g/mol. The first kappa shape index (κ1) is 7.03. The highest BCUT2D eigenvalue weighted by Crippen LogP contribution is 2.03. The molecule has 0 fully saturated rings. The number of nitrogens with zero attached hydrogens (tertiary/aromatic N) is 1. The lowest BCUT2D eigenvalue weighted by Crippen LogP contribution is -1.94. The molecule has 60 valence electrons. The summed E-state index contributed by atoms with van der Waals surface area (Å²) in [5.41, 5.74) is 1.26. The van der Waals surface area contributed by atoms with E-state index in [0.29, 0.717) is 5.52 Å². The van der Waals surface area contributed by atoms with Gasteiger partial charge in [-0.15, -0.1) is 0 Å². The fourth-order valence-electron chi connectivity index (χ4n) is 1.19. The molecule has 0 aliphatic carbocycles. The van der Waals surface area contributed by atoms with E-state index in [1.165, 1.54) is 6.07 Å². The fourth-order valence-corrected chi connectivity index (χ4v) is 1.19. The van der Waals surface area contributed by atoms with Crippen molar-refractivity contribution < 1.29 is 0 Å². The van der Waals surface area contributed by atoms with E-state index in [2.05, 4.69) is 9.97 Å². The maximum atomic E-state index is 11.3. The first-order valence-electron chi connectivity index (χ1n) is 3.73. The SMILES string of the molecule is Cc1nc2c(=O)ccccc2[nH]1. The zero-order chi connectivity index (χ0) is 8.55. The Morgan fingerprint density at radius 1 is 1.33 bits per heavy atom. The summed E-state index contributed by atoms with van der Waals surface area (Å²) in [4.78, 5) is 18.4. The van der Waals surface area contributed by atoms with E-state index in [9.17, 15) is 4.79 Å². The Kier molecular flexibility index (Phi) is 1.43. The van der Waals surface area contributed by atoms with E-state index in [4.69, 9.17) is 0 Å². The minimum absolute atomic E-state index is 0.0423. The largest absolute Gasteiger partial charge is 0.342 e. The molecule has 0 atom stereocenters. The van der Waals surface area contributed by atoms with Gasteiger partial charge in [-0.2, -0.15) is 0 Å². The van der Waals surface area contributed by atoms with Crippen LogP contribution in [0.3, 0.4) is 0 Å². The number of imidazole rings is 1. The highest BCUT2D eigenvalue weighted by molar-refractivity contribution is 5.73. The van der Waals surface area contributed by atoms with Crippen molar-refractivity contribution in [1.82, 2.24) is 9.97 Å². The van der Waals surface area contributed by atoms with E-state index >= 15 is 0 Å². The quantitative estimate of drug-likeness (QED) is 0.630. The third kappa shape index (κ3) is 0.993. The summed E-state index contributed by atoms with van der Waals surface area (Å²) in [7, 11) is 0. The van der Waals surface area contributed by atoms with Crippen LogP contribution in [0.4, 0.5) is 0 Å². The van der Waals surface area contributed by atoms with Gasteiger partial charge in [-0.05, 0) is 19.1 Å². The van der Waals surface area contributed by atoms with Crippen LogP contribution in [0.25, 0.3) is 11.0 Å². The second-order valence-corrected chi connectivity index (χ2v) is 2.67. The molecular formula is C9H8N2O. The number of hydrogen-bond donors (Lipinski definition) is 1. The topological polar surface area (TPSA) is 45.8 Å².